The Morgan fingerprint density at radius 2 is 1.69 bits per heavy atom. The number of piperidine rings is 2. The van der Waals surface area contributed by atoms with E-state index in [9.17, 15) is 20.1 Å². The van der Waals surface area contributed by atoms with Crippen molar-refractivity contribution in [1.82, 2.24) is 25.3 Å². The topological polar surface area (TPSA) is 141 Å². The van der Waals surface area contributed by atoms with Crippen LogP contribution in [-0.4, -0.2) is 155 Å². The lowest BCUT2D eigenvalue weighted by atomic mass is 9.71. The van der Waals surface area contributed by atoms with Crippen LogP contribution in [0.25, 0.3) is 0 Å². The third kappa shape index (κ3) is 9.70. The maximum Gasteiger partial charge on any atom is 0.222 e. The highest BCUT2D eigenvalue weighted by atomic mass is 35.5. The zero-order chi connectivity index (χ0) is 32.0. The first-order valence-electron chi connectivity index (χ1n) is 17.4. The minimum atomic E-state index is -1.38. The summed E-state index contributed by atoms with van der Waals surface area (Å²) in [4.78, 5) is 19.5. The molecule has 1 spiro atoms. The summed E-state index contributed by atoms with van der Waals surface area (Å²) in [5.41, 5.74) is 0.102. The molecule has 6 atom stereocenters. The highest BCUT2D eigenvalue weighted by molar-refractivity contribution is 6.21. The van der Waals surface area contributed by atoms with Crippen LogP contribution in [-0.2, 0) is 9.53 Å². The summed E-state index contributed by atoms with van der Waals surface area (Å²) >= 11 is 6.17. The van der Waals surface area contributed by atoms with Crippen molar-refractivity contribution < 1.29 is 34.3 Å². The molecule has 13 heteroatoms. The number of alkyl halides is 2. The number of rotatable bonds is 13. The predicted molar refractivity (Wildman–Crippen MR) is 169 cm³/mol. The maximum absolute atomic E-state index is 15.2. The van der Waals surface area contributed by atoms with Crippen molar-refractivity contribution >= 4 is 17.5 Å². The number of halogens is 2. The van der Waals surface area contributed by atoms with Crippen molar-refractivity contribution in [2.24, 2.45) is 17.3 Å². The van der Waals surface area contributed by atoms with Crippen LogP contribution in [0.1, 0.15) is 64.2 Å². The quantitative estimate of drug-likeness (QED) is 0.122. The van der Waals surface area contributed by atoms with Gasteiger partial charge in [-0.05, 0) is 68.6 Å². The van der Waals surface area contributed by atoms with E-state index in [1.807, 2.05) is 9.80 Å². The third-order valence-corrected chi connectivity index (χ3v) is 11.5. The van der Waals surface area contributed by atoms with Gasteiger partial charge in [0.2, 0.25) is 5.91 Å². The Hall–Kier alpha value is -0.670. The third-order valence-electron chi connectivity index (χ3n) is 11.2. The number of aliphatic hydroxyl groups excluding tert-OH is 4. The van der Waals surface area contributed by atoms with E-state index in [4.69, 9.17) is 21.4 Å². The van der Waals surface area contributed by atoms with Gasteiger partial charge in [0, 0.05) is 78.4 Å². The van der Waals surface area contributed by atoms with Crippen LogP contribution in [0.4, 0.5) is 4.39 Å². The molecule has 1 aliphatic carbocycles. The van der Waals surface area contributed by atoms with Crippen LogP contribution < -0.4 is 10.6 Å². The molecule has 11 nitrogen and oxygen atoms in total. The Morgan fingerprint density at radius 3 is 2.33 bits per heavy atom. The number of ether oxygens (including phenoxy) is 1. The van der Waals surface area contributed by atoms with Gasteiger partial charge >= 0.3 is 0 Å². The fourth-order valence-electron chi connectivity index (χ4n) is 8.20. The van der Waals surface area contributed by atoms with E-state index in [-0.39, 0.29) is 48.0 Å². The number of carbonyl (C=O) groups is 1. The lowest BCUT2D eigenvalue weighted by molar-refractivity contribution is -0.140. The van der Waals surface area contributed by atoms with Crippen molar-refractivity contribution in [3.8, 4) is 0 Å². The SMILES string of the molecule is O=C(CC1CCC(OCCCC2CCN(C3NCC(Cl)CN3)CC2)CC1F)N1CCC2(CC1)CN(C[C@H](O)[C@H](O)[C@H](O)CO)C2. The summed E-state index contributed by atoms with van der Waals surface area (Å²) < 4.78 is 21.3. The molecule has 6 N–H and O–H groups in total. The van der Waals surface area contributed by atoms with Gasteiger partial charge in [0.1, 0.15) is 24.7 Å². The van der Waals surface area contributed by atoms with Crippen LogP contribution in [0.3, 0.4) is 0 Å². The zero-order valence-electron chi connectivity index (χ0n) is 26.7. The van der Waals surface area contributed by atoms with Crippen molar-refractivity contribution in [3.63, 3.8) is 0 Å². The largest absolute Gasteiger partial charge is 0.394 e. The van der Waals surface area contributed by atoms with Crippen molar-refractivity contribution in [3.05, 3.63) is 0 Å². The molecule has 5 fully saturated rings. The van der Waals surface area contributed by atoms with Crippen molar-refractivity contribution in [2.45, 2.75) is 106 Å². The maximum atomic E-state index is 15.2. The zero-order valence-corrected chi connectivity index (χ0v) is 27.5. The number of aliphatic hydroxyl groups is 4. The van der Waals surface area contributed by atoms with E-state index < -0.39 is 31.1 Å². The van der Waals surface area contributed by atoms with Gasteiger partial charge in [-0.3, -0.25) is 25.2 Å². The number of hydrogen-bond donors (Lipinski definition) is 6. The average Bonchev–Trinajstić information content (AvgIpc) is 3.03. The Labute approximate surface area is 272 Å². The van der Waals surface area contributed by atoms with Gasteiger partial charge in [-0.25, -0.2) is 4.39 Å². The first kappa shape index (κ1) is 35.6. The van der Waals surface area contributed by atoms with Crippen molar-refractivity contribution in [2.75, 3.05) is 72.1 Å². The van der Waals surface area contributed by atoms with Gasteiger partial charge in [0.15, 0.2) is 0 Å². The number of carbonyl (C=O) groups excluding carboxylic acids is 1. The second-order valence-electron chi connectivity index (χ2n) is 14.6. The monoisotopic (exact) mass is 661 g/mol. The molecule has 3 unspecified atom stereocenters. The van der Waals surface area contributed by atoms with Gasteiger partial charge in [-0.2, -0.15) is 0 Å². The second-order valence-corrected chi connectivity index (χ2v) is 15.2. The Morgan fingerprint density at radius 1 is 1.00 bits per heavy atom. The van der Waals surface area contributed by atoms with Crippen LogP contribution in [0.2, 0.25) is 0 Å². The molecule has 0 aromatic carbocycles. The minimum absolute atomic E-state index is 0.0499. The Bertz CT molecular complexity index is 910. The molecule has 5 aliphatic rings. The predicted octanol–water partition coefficient (Wildman–Crippen LogP) is 0.475. The molecule has 260 valence electrons. The summed E-state index contributed by atoms with van der Waals surface area (Å²) in [6, 6.07) is 0. The second kappa shape index (κ2) is 16.6. The molecule has 0 bridgehead atoms. The Balaban J connectivity index is 0.908. The van der Waals surface area contributed by atoms with Crippen LogP contribution in [0.15, 0.2) is 0 Å². The highest BCUT2D eigenvalue weighted by Crippen LogP contribution is 2.41. The van der Waals surface area contributed by atoms with Gasteiger partial charge in [-0.1, -0.05) is 0 Å². The van der Waals surface area contributed by atoms with E-state index in [0.29, 0.717) is 32.5 Å². The molecule has 1 saturated carbocycles. The number of likely N-dealkylation sites (tertiary alicyclic amines) is 3. The van der Waals surface area contributed by atoms with Gasteiger partial charge in [0.05, 0.1) is 24.2 Å². The molecule has 1 amide bonds. The number of nitrogens with one attached hydrogen (secondary N) is 2. The number of β-amino-alcohol motifs (C(OH)–C–C–N with tert-alkyl or cyclic N) is 1. The summed E-state index contributed by atoms with van der Waals surface area (Å²) in [5.74, 6) is 0.536. The number of hydrogen-bond acceptors (Lipinski definition) is 10. The number of amides is 1. The molecule has 45 heavy (non-hydrogen) atoms. The highest BCUT2D eigenvalue weighted by Gasteiger charge is 2.46. The van der Waals surface area contributed by atoms with E-state index in [1.165, 1.54) is 12.8 Å². The van der Waals surface area contributed by atoms with Crippen LogP contribution in [0, 0.1) is 17.3 Å². The first-order chi connectivity index (χ1) is 21.6. The van der Waals surface area contributed by atoms with E-state index >= 15 is 4.39 Å². The summed E-state index contributed by atoms with van der Waals surface area (Å²) in [6.07, 6.45) is 3.76. The fraction of sp³-hybridized carbons (Fsp3) is 0.969. The molecular formula is C32H57ClFN5O6. The minimum Gasteiger partial charge on any atom is -0.394 e. The van der Waals surface area contributed by atoms with Crippen LogP contribution >= 0.6 is 11.6 Å². The fourth-order valence-corrected chi connectivity index (χ4v) is 8.37. The molecule has 0 aromatic heterocycles. The smallest absolute Gasteiger partial charge is 0.222 e. The van der Waals surface area contributed by atoms with Gasteiger partial charge in [-0.15, -0.1) is 11.6 Å². The summed E-state index contributed by atoms with van der Waals surface area (Å²) in [6.45, 7) is 7.06. The lowest BCUT2D eigenvalue weighted by Gasteiger charge is -2.54. The molecular weight excluding hydrogens is 605 g/mol. The number of nitrogens with zero attached hydrogens (tertiary/aromatic N) is 3. The molecule has 5 rings (SSSR count). The van der Waals surface area contributed by atoms with E-state index in [1.54, 1.807) is 0 Å². The molecule has 0 radical (unpaired) electrons. The Kier molecular flexibility index (Phi) is 13.2. The normalized spacial score (nSPS) is 33.9. The molecule has 4 saturated heterocycles. The average molecular weight is 662 g/mol. The van der Waals surface area contributed by atoms with E-state index in [0.717, 1.165) is 77.3 Å². The first-order valence-corrected chi connectivity index (χ1v) is 17.8. The van der Waals surface area contributed by atoms with Gasteiger partial charge < -0.3 is 30.1 Å². The van der Waals surface area contributed by atoms with Crippen molar-refractivity contribution in [1.29, 1.82) is 0 Å². The molecule has 4 heterocycles. The van der Waals surface area contributed by atoms with Crippen LogP contribution in [0.5, 0.6) is 0 Å². The molecule has 4 aliphatic heterocycles. The van der Waals surface area contributed by atoms with E-state index in [2.05, 4.69) is 15.5 Å². The lowest BCUT2D eigenvalue weighted by Crippen LogP contribution is -2.63. The van der Waals surface area contributed by atoms with Gasteiger partial charge in [0.25, 0.3) is 0 Å². The molecule has 0 aromatic rings. The summed E-state index contributed by atoms with van der Waals surface area (Å²) in [7, 11) is 0. The standard InChI is InChI=1S/C32H57ClFN5O6/c33-24-16-35-31(36-17-24)39-9-5-22(6-10-39)2-1-13-45-25-4-3-23(26(34)15-25)14-29(43)38-11-7-32(8-12-38)20-37(21-32)18-27(41)30(44)28(42)19-40/h22-28,30-31,35-36,40-42,44H,1-21H2/t23?,24?,25?,26?,27-,28+,30-,31?/m0/s1. The summed E-state index contributed by atoms with van der Waals surface area (Å²) in [5, 5.41) is 45.7.